The van der Waals surface area contributed by atoms with E-state index in [4.69, 9.17) is 5.73 Å². The van der Waals surface area contributed by atoms with E-state index in [0.717, 1.165) is 12.8 Å². The summed E-state index contributed by atoms with van der Waals surface area (Å²) >= 11 is 0. The second kappa shape index (κ2) is 4.62. The number of rotatable bonds is 5. The molecule has 0 amide bonds. The summed E-state index contributed by atoms with van der Waals surface area (Å²) in [6, 6.07) is 0. The molecule has 0 radical (unpaired) electrons. The molecule has 1 heterocycles. The van der Waals surface area contributed by atoms with Crippen LogP contribution in [0.4, 0.5) is 0 Å². The third-order valence-electron chi connectivity index (χ3n) is 2.95. The van der Waals surface area contributed by atoms with E-state index in [1.54, 1.807) is 0 Å². The summed E-state index contributed by atoms with van der Waals surface area (Å²) in [5.41, 5.74) is 5.63. The lowest BCUT2D eigenvalue weighted by atomic mass is 9.93. The van der Waals surface area contributed by atoms with Crippen molar-refractivity contribution in [2.75, 3.05) is 11.5 Å². The molecule has 1 aliphatic heterocycles. The normalized spacial score (nSPS) is 30.7. The van der Waals surface area contributed by atoms with Crippen LogP contribution in [0.2, 0.25) is 0 Å². The summed E-state index contributed by atoms with van der Waals surface area (Å²) in [7, 11) is -2.82. The van der Waals surface area contributed by atoms with E-state index >= 15 is 0 Å². The van der Waals surface area contributed by atoms with Crippen molar-refractivity contribution in [1.82, 2.24) is 0 Å². The van der Waals surface area contributed by atoms with Crippen LogP contribution in [0.5, 0.6) is 0 Å². The van der Waals surface area contributed by atoms with E-state index in [9.17, 15) is 8.42 Å². The highest BCUT2D eigenvalue weighted by Gasteiger charge is 2.38. The summed E-state index contributed by atoms with van der Waals surface area (Å²) in [5, 5.41) is 0. The molecule has 1 aliphatic rings. The zero-order valence-electron chi connectivity index (χ0n) is 8.96. The fourth-order valence-corrected chi connectivity index (χ4v) is 4.07. The molecular weight excluding hydrogens is 198 g/mol. The quantitative estimate of drug-likeness (QED) is 0.712. The molecule has 4 heteroatoms. The van der Waals surface area contributed by atoms with Gasteiger partial charge < -0.3 is 5.73 Å². The number of hydrogen-bond acceptors (Lipinski definition) is 3. The van der Waals surface area contributed by atoms with Crippen LogP contribution < -0.4 is 5.73 Å². The monoisotopic (exact) mass is 219 g/mol. The van der Waals surface area contributed by atoms with Gasteiger partial charge in [0.15, 0.2) is 9.84 Å². The molecule has 0 saturated carbocycles. The third kappa shape index (κ3) is 3.58. The van der Waals surface area contributed by atoms with Gasteiger partial charge in [-0.3, -0.25) is 0 Å². The van der Waals surface area contributed by atoms with Crippen LogP contribution in [0.25, 0.3) is 0 Å². The molecule has 0 spiro atoms. The maximum Gasteiger partial charge on any atom is 0.152 e. The Balaban J connectivity index is 2.30. The minimum Gasteiger partial charge on any atom is -0.324 e. The minimum atomic E-state index is -2.82. The summed E-state index contributed by atoms with van der Waals surface area (Å²) in [6.07, 6.45) is 6.20. The van der Waals surface area contributed by atoms with Gasteiger partial charge in [-0.2, -0.15) is 0 Å². The Hall–Kier alpha value is -0.0900. The number of sulfone groups is 1. The Bertz CT molecular complexity index is 274. The summed E-state index contributed by atoms with van der Waals surface area (Å²) < 4.78 is 22.5. The molecule has 3 nitrogen and oxygen atoms in total. The van der Waals surface area contributed by atoms with Crippen LogP contribution in [0.3, 0.4) is 0 Å². The van der Waals surface area contributed by atoms with E-state index in [1.165, 1.54) is 19.3 Å². The van der Waals surface area contributed by atoms with E-state index < -0.39 is 15.4 Å². The molecule has 84 valence electrons. The van der Waals surface area contributed by atoms with Crippen molar-refractivity contribution in [3.05, 3.63) is 0 Å². The molecule has 1 saturated heterocycles. The minimum absolute atomic E-state index is 0.201. The lowest BCUT2D eigenvalue weighted by molar-refractivity contribution is 0.417. The third-order valence-corrected chi connectivity index (χ3v) is 4.79. The van der Waals surface area contributed by atoms with Gasteiger partial charge in [0, 0.05) is 5.54 Å². The lowest BCUT2D eigenvalue weighted by Crippen LogP contribution is -2.40. The van der Waals surface area contributed by atoms with E-state index in [0.29, 0.717) is 6.42 Å². The average molecular weight is 219 g/mol. The zero-order valence-corrected chi connectivity index (χ0v) is 9.78. The highest BCUT2D eigenvalue weighted by atomic mass is 32.2. The van der Waals surface area contributed by atoms with Crippen LogP contribution in [0, 0.1) is 0 Å². The average Bonchev–Trinajstić information content (AvgIpc) is 2.36. The van der Waals surface area contributed by atoms with Crippen molar-refractivity contribution in [1.29, 1.82) is 0 Å². The fourth-order valence-electron chi connectivity index (χ4n) is 2.04. The predicted octanol–water partition coefficient (Wildman–Crippen LogP) is 1.47. The molecule has 14 heavy (non-hydrogen) atoms. The Morgan fingerprint density at radius 2 is 2.00 bits per heavy atom. The number of unbranched alkanes of at least 4 members (excludes halogenated alkanes) is 3. The highest BCUT2D eigenvalue weighted by molar-refractivity contribution is 7.91. The number of nitrogens with two attached hydrogens (primary N) is 1. The van der Waals surface area contributed by atoms with Crippen LogP contribution in [0.15, 0.2) is 0 Å². The summed E-state index contributed by atoms with van der Waals surface area (Å²) in [4.78, 5) is 0. The summed E-state index contributed by atoms with van der Waals surface area (Å²) in [5.74, 6) is 0.489. The maximum atomic E-state index is 11.3. The Labute approximate surface area is 87.0 Å². The summed E-state index contributed by atoms with van der Waals surface area (Å²) in [6.45, 7) is 2.16. The van der Waals surface area contributed by atoms with Gasteiger partial charge >= 0.3 is 0 Å². The largest absolute Gasteiger partial charge is 0.324 e. The molecule has 0 aromatic heterocycles. The first-order valence-corrected chi connectivity index (χ1v) is 7.29. The smallest absolute Gasteiger partial charge is 0.152 e. The van der Waals surface area contributed by atoms with Gasteiger partial charge in [0.05, 0.1) is 11.5 Å². The molecule has 0 aromatic carbocycles. The molecular formula is C10H21NO2S. The van der Waals surface area contributed by atoms with Crippen molar-refractivity contribution in [3.63, 3.8) is 0 Å². The molecule has 0 aromatic rings. The Morgan fingerprint density at radius 3 is 2.50 bits per heavy atom. The van der Waals surface area contributed by atoms with Gasteiger partial charge in [0.25, 0.3) is 0 Å². The van der Waals surface area contributed by atoms with Gasteiger partial charge in [0.2, 0.25) is 0 Å². The van der Waals surface area contributed by atoms with Crippen molar-refractivity contribution >= 4 is 9.84 Å². The SMILES string of the molecule is CCCCCCC1(N)CCS(=O)(=O)C1. The van der Waals surface area contributed by atoms with Gasteiger partial charge in [-0.25, -0.2) is 8.42 Å². The van der Waals surface area contributed by atoms with Gasteiger partial charge in [-0.05, 0) is 12.8 Å². The van der Waals surface area contributed by atoms with Crippen LogP contribution in [0.1, 0.15) is 45.4 Å². The molecule has 1 atom stereocenters. The highest BCUT2D eigenvalue weighted by Crippen LogP contribution is 2.26. The molecule has 2 N–H and O–H groups in total. The standard InChI is InChI=1S/C10H21NO2S/c1-2-3-4-5-6-10(11)7-8-14(12,13)9-10/h2-9,11H2,1H3. The first kappa shape index (κ1) is 12.0. The van der Waals surface area contributed by atoms with Crippen molar-refractivity contribution < 1.29 is 8.42 Å². The fraction of sp³-hybridized carbons (Fsp3) is 1.00. The molecule has 0 aliphatic carbocycles. The van der Waals surface area contributed by atoms with Crippen LogP contribution in [-0.2, 0) is 9.84 Å². The lowest BCUT2D eigenvalue weighted by Gasteiger charge is -2.21. The first-order chi connectivity index (χ1) is 6.47. The van der Waals surface area contributed by atoms with Crippen molar-refractivity contribution in [3.8, 4) is 0 Å². The zero-order chi connectivity index (χ0) is 10.7. The van der Waals surface area contributed by atoms with Gasteiger partial charge in [-0.15, -0.1) is 0 Å². The molecule has 1 rings (SSSR count). The number of hydrogen-bond donors (Lipinski definition) is 1. The second-order valence-electron chi connectivity index (χ2n) is 4.52. The Morgan fingerprint density at radius 1 is 1.29 bits per heavy atom. The van der Waals surface area contributed by atoms with E-state index in [1.807, 2.05) is 0 Å². The van der Waals surface area contributed by atoms with Crippen LogP contribution in [-0.4, -0.2) is 25.5 Å². The van der Waals surface area contributed by atoms with Crippen LogP contribution >= 0.6 is 0 Å². The second-order valence-corrected chi connectivity index (χ2v) is 6.70. The van der Waals surface area contributed by atoms with E-state index in [2.05, 4.69) is 6.92 Å². The first-order valence-electron chi connectivity index (χ1n) is 5.47. The molecule has 1 unspecified atom stereocenters. The van der Waals surface area contributed by atoms with Gasteiger partial charge in [-0.1, -0.05) is 32.6 Å². The van der Waals surface area contributed by atoms with Crippen molar-refractivity contribution in [2.45, 2.75) is 51.0 Å². The molecule has 0 bridgehead atoms. The van der Waals surface area contributed by atoms with Gasteiger partial charge in [0.1, 0.15) is 0 Å². The van der Waals surface area contributed by atoms with Crippen molar-refractivity contribution in [2.24, 2.45) is 5.73 Å². The molecule has 1 fully saturated rings. The topological polar surface area (TPSA) is 60.2 Å². The maximum absolute atomic E-state index is 11.3. The predicted molar refractivity (Wildman–Crippen MR) is 58.9 cm³/mol. The van der Waals surface area contributed by atoms with E-state index in [-0.39, 0.29) is 11.5 Å². The Kier molecular flexibility index (Phi) is 3.95.